The predicted octanol–water partition coefficient (Wildman–Crippen LogP) is 1.45. The molecular formula is C12H14O4. The second kappa shape index (κ2) is 6.74. The maximum atomic E-state index is 11.5. The number of carbonyl (C=O) groups is 2. The van der Waals surface area contributed by atoms with Gasteiger partial charge in [0.1, 0.15) is 13.2 Å². The number of hydrogen-bond acceptors (Lipinski definition) is 4. The van der Waals surface area contributed by atoms with E-state index in [1.807, 2.05) is 6.07 Å². The zero-order valence-electron chi connectivity index (χ0n) is 9.14. The number of ketones is 1. The Balaban J connectivity index is 2.29. The van der Waals surface area contributed by atoms with Gasteiger partial charge in [0, 0.05) is 5.56 Å². The third-order valence-corrected chi connectivity index (χ3v) is 1.85. The van der Waals surface area contributed by atoms with Crippen LogP contribution in [0.4, 0.5) is 0 Å². The Morgan fingerprint density at radius 2 is 1.81 bits per heavy atom. The van der Waals surface area contributed by atoms with Gasteiger partial charge in [0.05, 0.1) is 6.61 Å². The molecule has 0 saturated heterocycles. The van der Waals surface area contributed by atoms with Crippen LogP contribution in [0.5, 0.6) is 0 Å². The van der Waals surface area contributed by atoms with Crippen molar-refractivity contribution in [1.29, 1.82) is 0 Å². The summed E-state index contributed by atoms with van der Waals surface area (Å²) in [6.45, 7) is 1.73. The van der Waals surface area contributed by atoms with Crippen molar-refractivity contribution in [2.75, 3.05) is 19.8 Å². The highest BCUT2D eigenvalue weighted by Crippen LogP contribution is 2.00. The van der Waals surface area contributed by atoms with Crippen LogP contribution in [-0.4, -0.2) is 31.6 Å². The summed E-state index contributed by atoms with van der Waals surface area (Å²) in [6, 6.07) is 8.79. The van der Waals surface area contributed by atoms with Crippen LogP contribution in [0.25, 0.3) is 0 Å². The molecule has 1 aromatic rings. The highest BCUT2D eigenvalue weighted by atomic mass is 16.6. The molecule has 0 radical (unpaired) electrons. The molecular weight excluding hydrogens is 208 g/mol. The van der Waals surface area contributed by atoms with Crippen LogP contribution in [0.2, 0.25) is 0 Å². The molecule has 1 aromatic carbocycles. The fourth-order valence-corrected chi connectivity index (χ4v) is 1.14. The smallest absolute Gasteiger partial charge is 0.332 e. The summed E-state index contributed by atoms with van der Waals surface area (Å²) in [6.07, 6.45) is 0. The summed E-state index contributed by atoms with van der Waals surface area (Å²) < 4.78 is 9.59. The number of hydrogen-bond donors (Lipinski definition) is 0. The number of rotatable bonds is 6. The molecule has 0 saturated carbocycles. The molecule has 0 N–H and O–H groups in total. The molecule has 0 bridgehead atoms. The molecule has 0 aromatic heterocycles. The Labute approximate surface area is 94.2 Å². The minimum atomic E-state index is -0.455. The highest BCUT2D eigenvalue weighted by molar-refractivity contribution is 5.97. The van der Waals surface area contributed by atoms with Crippen molar-refractivity contribution in [3.8, 4) is 0 Å². The molecule has 4 nitrogen and oxygen atoms in total. The van der Waals surface area contributed by atoms with E-state index in [0.717, 1.165) is 0 Å². The second-order valence-corrected chi connectivity index (χ2v) is 3.09. The van der Waals surface area contributed by atoms with Gasteiger partial charge in [0.25, 0.3) is 0 Å². The SMILES string of the molecule is CCOC(=O)COCC(=O)c1ccccc1. The van der Waals surface area contributed by atoms with Crippen molar-refractivity contribution in [2.45, 2.75) is 6.92 Å². The van der Waals surface area contributed by atoms with Crippen LogP contribution in [0.3, 0.4) is 0 Å². The van der Waals surface area contributed by atoms with Crippen molar-refractivity contribution < 1.29 is 19.1 Å². The molecule has 0 atom stereocenters. The van der Waals surface area contributed by atoms with E-state index >= 15 is 0 Å². The first-order valence-corrected chi connectivity index (χ1v) is 5.05. The van der Waals surface area contributed by atoms with Crippen molar-refractivity contribution in [2.24, 2.45) is 0 Å². The lowest BCUT2D eigenvalue weighted by molar-refractivity contribution is -0.147. The van der Waals surface area contributed by atoms with E-state index in [2.05, 4.69) is 4.74 Å². The van der Waals surface area contributed by atoms with E-state index in [1.54, 1.807) is 31.2 Å². The Morgan fingerprint density at radius 3 is 2.44 bits per heavy atom. The molecule has 0 heterocycles. The van der Waals surface area contributed by atoms with Crippen molar-refractivity contribution in [3.05, 3.63) is 35.9 Å². The topological polar surface area (TPSA) is 52.6 Å². The normalized spacial score (nSPS) is 9.81. The lowest BCUT2D eigenvalue weighted by atomic mass is 10.1. The van der Waals surface area contributed by atoms with Crippen LogP contribution < -0.4 is 0 Å². The van der Waals surface area contributed by atoms with Crippen molar-refractivity contribution in [1.82, 2.24) is 0 Å². The molecule has 0 fully saturated rings. The standard InChI is InChI=1S/C12H14O4/c1-2-16-12(14)9-15-8-11(13)10-6-4-3-5-7-10/h3-7H,2,8-9H2,1H3. The number of Topliss-reactive ketones (excluding diaryl/α,β-unsaturated/α-hetero) is 1. The Morgan fingerprint density at radius 1 is 1.12 bits per heavy atom. The summed E-state index contributed by atoms with van der Waals surface area (Å²) in [5.41, 5.74) is 0.575. The number of ether oxygens (including phenoxy) is 2. The quantitative estimate of drug-likeness (QED) is 0.540. The molecule has 1 rings (SSSR count). The minimum absolute atomic E-state index is 0.108. The van der Waals surface area contributed by atoms with E-state index in [-0.39, 0.29) is 19.0 Å². The van der Waals surface area contributed by atoms with Crippen LogP contribution in [0.15, 0.2) is 30.3 Å². The van der Waals surface area contributed by atoms with Gasteiger partial charge in [-0.25, -0.2) is 4.79 Å². The van der Waals surface area contributed by atoms with Gasteiger partial charge in [-0.15, -0.1) is 0 Å². The number of esters is 1. The zero-order valence-corrected chi connectivity index (χ0v) is 9.14. The van der Waals surface area contributed by atoms with Crippen molar-refractivity contribution in [3.63, 3.8) is 0 Å². The zero-order chi connectivity index (χ0) is 11.8. The lowest BCUT2D eigenvalue weighted by Gasteiger charge is -2.03. The van der Waals surface area contributed by atoms with Gasteiger partial charge in [-0.05, 0) is 6.92 Å². The molecule has 0 spiro atoms. The van der Waals surface area contributed by atoms with Gasteiger partial charge in [0.15, 0.2) is 5.78 Å². The Hall–Kier alpha value is -1.68. The summed E-state index contributed by atoms with van der Waals surface area (Å²) in [7, 11) is 0. The maximum Gasteiger partial charge on any atom is 0.332 e. The van der Waals surface area contributed by atoms with E-state index in [4.69, 9.17) is 4.74 Å². The monoisotopic (exact) mass is 222 g/mol. The molecule has 0 unspecified atom stereocenters. The summed E-state index contributed by atoms with van der Waals surface area (Å²) in [5.74, 6) is -0.603. The first kappa shape index (κ1) is 12.4. The molecule has 0 aliphatic carbocycles. The van der Waals surface area contributed by atoms with Crippen molar-refractivity contribution >= 4 is 11.8 Å². The third kappa shape index (κ3) is 4.23. The average molecular weight is 222 g/mol. The fraction of sp³-hybridized carbons (Fsp3) is 0.333. The Bertz CT molecular complexity index is 345. The number of benzene rings is 1. The maximum absolute atomic E-state index is 11.5. The van der Waals surface area contributed by atoms with Gasteiger partial charge in [-0.3, -0.25) is 4.79 Å². The summed E-state index contributed by atoms with van der Waals surface area (Å²) in [4.78, 5) is 22.4. The fourth-order valence-electron chi connectivity index (χ4n) is 1.14. The van der Waals surface area contributed by atoms with Gasteiger partial charge < -0.3 is 9.47 Å². The number of carbonyl (C=O) groups excluding carboxylic acids is 2. The largest absolute Gasteiger partial charge is 0.464 e. The van der Waals surface area contributed by atoms with Crippen LogP contribution in [-0.2, 0) is 14.3 Å². The summed E-state index contributed by atoms with van der Waals surface area (Å²) >= 11 is 0. The molecule has 0 aliphatic rings. The van der Waals surface area contributed by atoms with Gasteiger partial charge in [-0.2, -0.15) is 0 Å². The first-order chi connectivity index (χ1) is 7.74. The molecule has 86 valence electrons. The first-order valence-electron chi connectivity index (χ1n) is 5.05. The van der Waals surface area contributed by atoms with Crippen LogP contribution in [0.1, 0.15) is 17.3 Å². The predicted molar refractivity (Wildman–Crippen MR) is 58.2 cm³/mol. The summed E-state index contributed by atoms with van der Waals surface area (Å²) in [5, 5.41) is 0. The average Bonchev–Trinajstić information content (AvgIpc) is 2.30. The van der Waals surface area contributed by atoms with Gasteiger partial charge in [0.2, 0.25) is 0 Å². The highest BCUT2D eigenvalue weighted by Gasteiger charge is 2.07. The molecule has 16 heavy (non-hydrogen) atoms. The van der Waals surface area contributed by atoms with Crippen LogP contribution in [0, 0.1) is 0 Å². The minimum Gasteiger partial charge on any atom is -0.464 e. The van der Waals surface area contributed by atoms with E-state index in [9.17, 15) is 9.59 Å². The Kier molecular flexibility index (Phi) is 5.22. The van der Waals surface area contributed by atoms with E-state index in [0.29, 0.717) is 12.2 Å². The second-order valence-electron chi connectivity index (χ2n) is 3.09. The molecule has 4 heteroatoms. The van der Waals surface area contributed by atoms with E-state index in [1.165, 1.54) is 0 Å². The van der Waals surface area contributed by atoms with Crippen LogP contribution >= 0.6 is 0 Å². The van der Waals surface area contributed by atoms with Gasteiger partial charge in [-0.1, -0.05) is 30.3 Å². The molecule has 0 aliphatic heterocycles. The third-order valence-electron chi connectivity index (χ3n) is 1.85. The lowest BCUT2D eigenvalue weighted by Crippen LogP contribution is -2.16. The van der Waals surface area contributed by atoms with Gasteiger partial charge >= 0.3 is 5.97 Å². The van der Waals surface area contributed by atoms with E-state index < -0.39 is 5.97 Å². The molecule has 0 amide bonds.